The van der Waals surface area contributed by atoms with Gasteiger partial charge in [0.25, 0.3) is 0 Å². The van der Waals surface area contributed by atoms with E-state index < -0.39 is 0 Å². The second-order valence-corrected chi connectivity index (χ2v) is 5.52. The highest BCUT2D eigenvalue weighted by Gasteiger charge is 2.21. The van der Waals surface area contributed by atoms with Crippen molar-refractivity contribution in [1.82, 2.24) is 0 Å². The van der Waals surface area contributed by atoms with Gasteiger partial charge in [-0.25, -0.2) is 0 Å². The maximum atomic E-state index is 2.35. The smallest absolute Gasteiger partial charge is 0.00525 e. The highest BCUT2D eigenvalue weighted by molar-refractivity contribution is 8.00. The summed E-state index contributed by atoms with van der Waals surface area (Å²) in [4.78, 5) is 0. The fourth-order valence-corrected chi connectivity index (χ4v) is 3.28. The van der Waals surface area contributed by atoms with Crippen molar-refractivity contribution in [2.45, 2.75) is 50.5 Å². The van der Waals surface area contributed by atoms with Crippen LogP contribution in [0.3, 0.4) is 0 Å². The minimum Gasteiger partial charge on any atom is -0.155 e. The van der Waals surface area contributed by atoms with Crippen molar-refractivity contribution in [2.75, 3.05) is 0 Å². The third-order valence-electron chi connectivity index (χ3n) is 2.05. The summed E-state index contributed by atoms with van der Waals surface area (Å²) in [5.41, 5.74) is 0. The molecule has 0 saturated carbocycles. The molecule has 0 aromatic rings. The van der Waals surface area contributed by atoms with Crippen molar-refractivity contribution < 1.29 is 0 Å². The molecule has 0 spiro atoms. The zero-order chi connectivity index (χ0) is 7.56. The van der Waals surface area contributed by atoms with Crippen LogP contribution < -0.4 is 0 Å². The fraction of sp³-hybridized carbons (Fsp3) is 1.00. The maximum absolute atomic E-state index is 2.35. The SMILES string of the molecule is CC(C)CC1CCC(C)S1. The summed E-state index contributed by atoms with van der Waals surface area (Å²) in [7, 11) is 0. The Labute approximate surface area is 68.8 Å². The molecule has 0 N–H and O–H groups in total. The molecule has 0 radical (unpaired) electrons. The Morgan fingerprint density at radius 3 is 2.50 bits per heavy atom. The van der Waals surface area contributed by atoms with Crippen molar-refractivity contribution in [3.63, 3.8) is 0 Å². The maximum Gasteiger partial charge on any atom is 0.00525 e. The van der Waals surface area contributed by atoms with Gasteiger partial charge in [-0.05, 0) is 25.2 Å². The Bertz CT molecular complexity index is 98.9. The second kappa shape index (κ2) is 3.66. The van der Waals surface area contributed by atoms with E-state index in [0.717, 1.165) is 16.4 Å². The molecule has 1 fully saturated rings. The van der Waals surface area contributed by atoms with Gasteiger partial charge in [-0.3, -0.25) is 0 Å². The molecule has 0 bridgehead atoms. The summed E-state index contributed by atoms with van der Waals surface area (Å²) >= 11 is 2.19. The molecular formula is C9H18S. The van der Waals surface area contributed by atoms with Gasteiger partial charge < -0.3 is 0 Å². The third-order valence-corrected chi connectivity index (χ3v) is 3.57. The predicted octanol–water partition coefficient (Wildman–Crippen LogP) is 3.32. The van der Waals surface area contributed by atoms with Crippen molar-refractivity contribution in [3.05, 3.63) is 0 Å². The molecule has 60 valence electrons. The molecule has 1 heteroatoms. The van der Waals surface area contributed by atoms with E-state index in [2.05, 4.69) is 32.5 Å². The summed E-state index contributed by atoms with van der Waals surface area (Å²) in [5, 5.41) is 1.92. The minimum absolute atomic E-state index is 0.891. The van der Waals surface area contributed by atoms with E-state index in [9.17, 15) is 0 Å². The van der Waals surface area contributed by atoms with Crippen LogP contribution in [0.4, 0.5) is 0 Å². The summed E-state index contributed by atoms with van der Waals surface area (Å²) < 4.78 is 0. The molecule has 0 amide bonds. The second-order valence-electron chi connectivity index (χ2n) is 3.78. The van der Waals surface area contributed by atoms with Gasteiger partial charge >= 0.3 is 0 Å². The van der Waals surface area contributed by atoms with Gasteiger partial charge in [0.05, 0.1) is 0 Å². The summed E-state index contributed by atoms with van der Waals surface area (Å²) in [6.07, 6.45) is 4.33. The van der Waals surface area contributed by atoms with Gasteiger partial charge in [-0.2, -0.15) is 11.8 Å². The van der Waals surface area contributed by atoms with Gasteiger partial charge in [0.1, 0.15) is 0 Å². The van der Waals surface area contributed by atoms with Gasteiger partial charge in [-0.1, -0.05) is 20.8 Å². The summed E-state index contributed by atoms with van der Waals surface area (Å²) in [5.74, 6) is 0.891. The molecule has 1 saturated heterocycles. The van der Waals surface area contributed by atoms with Crippen LogP contribution in [-0.4, -0.2) is 10.5 Å². The lowest BCUT2D eigenvalue weighted by Crippen LogP contribution is -2.01. The predicted molar refractivity (Wildman–Crippen MR) is 49.5 cm³/mol. The number of rotatable bonds is 2. The van der Waals surface area contributed by atoms with Crippen molar-refractivity contribution >= 4 is 11.8 Å². The zero-order valence-corrected chi connectivity index (χ0v) is 8.08. The first kappa shape index (κ1) is 8.45. The van der Waals surface area contributed by atoms with Crippen LogP contribution in [0.15, 0.2) is 0 Å². The molecule has 1 rings (SSSR count). The van der Waals surface area contributed by atoms with E-state index in [1.54, 1.807) is 0 Å². The van der Waals surface area contributed by atoms with Crippen LogP contribution in [0.25, 0.3) is 0 Å². The molecule has 0 aromatic carbocycles. The van der Waals surface area contributed by atoms with Crippen molar-refractivity contribution in [2.24, 2.45) is 5.92 Å². The molecule has 10 heavy (non-hydrogen) atoms. The Balaban J connectivity index is 2.18. The lowest BCUT2D eigenvalue weighted by molar-refractivity contribution is 0.554. The van der Waals surface area contributed by atoms with E-state index in [-0.39, 0.29) is 0 Å². The normalized spacial score (nSPS) is 33.6. The largest absolute Gasteiger partial charge is 0.155 e. The standard InChI is InChI=1S/C9H18S/c1-7(2)6-9-5-4-8(3)10-9/h7-9H,4-6H2,1-3H3. The molecule has 0 nitrogen and oxygen atoms in total. The van der Waals surface area contributed by atoms with Crippen LogP contribution in [0, 0.1) is 5.92 Å². The number of hydrogen-bond acceptors (Lipinski definition) is 1. The quantitative estimate of drug-likeness (QED) is 0.594. The Kier molecular flexibility index (Phi) is 3.09. The number of thioether (sulfide) groups is 1. The van der Waals surface area contributed by atoms with Crippen LogP contribution in [0.5, 0.6) is 0 Å². The van der Waals surface area contributed by atoms with Crippen LogP contribution in [0.1, 0.15) is 40.0 Å². The Morgan fingerprint density at radius 1 is 1.40 bits per heavy atom. The molecule has 0 aromatic heterocycles. The lowest BCUT2D eigenvalue weighted by atomic mass is 10.0. The molecule has 1 heterocycles. The average molecular weight is 158 g/mol. The first-order valence-corrected chi connectivity index (χ1v) is 5.28. The molecule has 2 unspecified atom stereocenters. The topological polar surface area (TPSA) is 0 Å². The highest BCUT2D eigenvalue weighted by Crippen LogP contribution is 2.36. The Hall–Kier alpha value is 0.350. The molecule has 0 aliphatic carbocycles. The first-order chi connectivity index (χ1) is 4.68. The lowest BCUT2D eigenvalue weighted by Gasteiger charge is -2.10. The summed E-state index contributed by atoms with van der Waals surface area (Å²) in [6.45, 7) is 7.00. The first-order valence-electron chi connectivity index (χ1n) is 4.34. The van der Waals surface area contributed by atoms with Gasteiger partial charge in [0.2, 0.25) is 0 Å². The van der Waals surface area contributed by atoms with Crippen LogP contribution in [-0.2, 0) is 0 Å². The van der Waals surface area contributed by atoms with Crippen molar-refractivity contribution in [1.29, 1.82) is 0 Å². The van der Waals surface area contributed by atoms with Gasteiger partial charge in [0, 0.05) is 10.5 Å². The monoisotopic (exact) mass is 158 g/mol. The van der Waals surface area contributed by atoms with Crippen LogP contribution >= 0.6 is 11.8 Å². The van der Waals surface area contributed by atoms with E-state index in [1.807, 2.05) is 0 Å². The van der Waals surface area contributed by atoms with E-state index in [1.165, 1.54) is 19.3 Å². The number of hydrogen-bond donors (Lipinski definition) is 0. The van der Waals surface area contributed by atoms with Gasteiger partial charge in [-0.15, -0.1) is 0 Å². The van der Waals surface area contributed by atoms with E-state index in [4.69, 9.17) is 0 Å². The van der Waals surface area contributed by atoms with E-state index >= 15 is 0 Å². The van der Waals surface area contributed by atoms with Crippen LogP contribution in [0.2, 0.25) is 0 Å². The summed E-state index contributed by atoms with van der Waals surface area (Å²) in [6, 6.07) is 0. The molecule has 1 aliphatic rings. The molecular weight excluding hydrogens is 140 g/mol. The molecule has 2 atom stereocenters. The third kappa shape index (κ3) is 2.53. The van der Waals surface area contributed by atoms with Gasteiger partial charge in [0.15, 0.2) is 0 Å². The molecule has 1 aliphatic heterocycles. The fourth-order valence-electron chi connectivity index (χ4n) is 1.58. The van der Waals surface area contributed by atoms with Crippen molar-refractivity contribution in [3.8, 4) is 0 Å². The van der Waals surface area contributed by atoms with E-state index in [0.29, 0.717) is 0 Å². The Morgan fingerprint density at radius 2 is 2.10 bits per heavy atom. The zero-order valence-electron chi connectivity index (χ0n) is 7.26. The highest BCUT2D eigenvalue weighted by atomic mass is 32.2. The minimum atomic E-state index is 0.891. The average Bonchev–Trinajstić information content (AvgIpc) is 2.13.